The lowest BCUT2D eigenvalue weighted by molar-refractivity contribution is 0.344. The van der Waals surface area contributed by atoms with Crippen molar-refractivity contribution >= 4 is 16.7 Å². The highest BCUT2D eigenvalue weighted by atomic mass is 19.1. The topological polar surface area (TPSA) is 83.7 Å². The third-order valence-corrected chi connectivity index (χ3v) is 4.64. The standard InChI is InChI=1S/C23H18FN5O/c1-3-30-20-11-17(14-6-7-15(12-25)19(24)10-14)9-18-21(20)28-22(29-23(18)26-2)16-5-4-8-27-13-16/h4-11,13H,3H2,1-2H3,(H,26,28,29). The Morgan fingerprint density at radius 3 is 2.63 bits per heavy atom. The predicted octanol–water partition coefficient (Wildman–Crippen LogP) is 4.81. The number of nitriles is 1. The van der Waals surface area contributed by atoms with Crippen molar-refractivity contribution < 1.29 is 9.13 Å². The molecule has 1 N–H and O–H groups in total. The third kappa shape index (κ3) is 3.51. The Labute approximate surface area is 173 Å². The molecule has 0 atom stereocenters. The second-order valence-corrected chi connectivity index (χ2v) is 6.50. The van der Waals surface area contributed by atoms with Gasteiger partial charge in [0, 0.05) is 30.4 Å². The lowest BCUT2D eigenvalue weighted by Crippen LogP contribution is -2.02. The molecule has 7 heteroatoms. The molecular formula is C23H18FN5O. The van der Waals surface area contributed by atoms with Crippen molar-refractivity contribution in [1.82, 2.24) is 15.0 Å². The second-order valence-electron chi connectivity index (χ2n) is 6.50. The molecule has 0 fully saturated rings. The molecule has 2 heterocycles. The van der Waals surface area contributed by atoms with Gasteiger partial charge in [0.2, 0.25) is 0 Å². The molecule has 30 heavy (non-hydrogen) atoms. The van der Waals surface area contributed by atoms with Gasteiger partial charge in [-0.2, -0.15) is 5.26 Å². The van der Waals surface area contributed by atoms with Crippen LogP contribution in [0.3, 0.4) is 0 Å². The maximum absolute atomic E-state index is 14.2. The molecule has 2 aromatic carbocycles. The number of hydrogen-bond acceptors (Lipinski definition) is 6. The normalized spacial score (nSPS) is 10.6. The molecule has 0 saturated heterocycles. The first-order chi connectivity index (χ1) is 14.6. The number of pyridine rings is 1. The summed E-state index contributed by atoms with van der Waals surface area (Å²) in [6, 6.07) is 13.8. The van der Waals surface area contributed by atoms with Crippen LogP contribution in [0, 0.1) is 17.1 Å². The molecule has 0 aliphatic rings. The summed E-state index contributed by atoms with van der Waals surface area (Å²) in [4.78, 5) is 13.5. The number of benzene rings is 2. The van der Waals surface area contributed by atoms with Crippen LogP contribution in [0.15, 0.2) is 54.9 Å². The monoisotopic (exact) mass is 399 g/mol. The largest absolute Gasteiger partial charge is 0.492 e. The van der Waals surface area contributed by atoms with E-state index in [1.165, 1.54) is 12.1 Å². The molecule has 0 aliphatic carbocycles. The lowest BCUT2D eigenvalue weighted by Gasteiger charge is -2.14. The van der Waals surface area contributed by atoms with E-state index in [2.05, 4.69) is 15.3 Å². The summed E-state index contributed by atoms with van der Waals surface area (Å²) >= 11 is 0. The second kappa shape index (κ2) is 8.13. The van der Waals surface area contributed by atoms with Gasteiger partial charge >= 0.3 is 0 Å². The van der Waals surface area contributed by atoms with E-state index < -0.39 is 5.82 Å². The van der Waals surface area contributed by atoms with E-state index in [1.807, 2.05) is 37.3 Å². The molecule has 0 aliphatic heterocycles. The number of halogens is 1. The van der Waals surface area contributed by atoms with E-state index in [1.54, 1.807) is 25.5 Å². The summed E-state index contributed by atoms with van der Waals surface area (Å²) in [5.41, 5.74) is 2.81. The Morgan fingerprint density at radius 2 is 1.97 bits per heavy atom. The molecular weight excluding hydrogens is 381 g/mol. The molecule has 0 saturated carbocycles. The molecule has 4 aromatic rings. The number of anilines is 1. The zero-order valence-corrected chi connectivity index (χ0v) is 16.5. The highest BCUT2D eigenvalue weighted by molar-refractivity contribution is 5.97. The van der Waals surface area contributed by atoms with Gasteiger partial charge in [0.1, 0.15) is 29.0 Å². The third-order valence-electron chi connectivity index (χ3n) is 4.64. The van der Waals surface area contributed by atoms with Crippen molar-refractivity contribution in [2.24, 2.45) is 0 Å². The Balaban J connectivity index is 1.96. The number of nitrogens with zero attached hydrogens (tertiary/aromatic N) is 4. The van der Waals surface area contributed by atoms with Crippen molar-refractivity contribution in [3.05, 3.63) is 66.2 Å². The fourth-order valence-corrected chi connectivity index (χ4v) is 3.23. The van der Waals surface area contributed by atoms with Gasteiger partial charge in [-0.1, -0.05) is 6.07 Å². The van der Waals surface area contributed by atoms with Crippen LogP contribution in [0.2, 0.25) is 0 Å². The van der Waals surface area contributed by atoms with E-state index in [0.29, 0.717) is 35.1 Å². The molecule has 4 rings (SSSR count). The van der Waals surface area contributed by atoms with Gasteiger partial charge in [0.05, 0.1) is 12.2 Å². The van der Waals surface area contributed by atoms with Crippen LogP contribution in [0.1, 0.15) is 12.5 Å². The maximum atomic E-state index is 14.2. The molecule has 0 bridgehead atoms. The number of ether oxygens (including phenoxy) is 1. The van der Waals surface area contributed by atoms with Crippen LogP contribution in [0.25, 0.3) is 33.4 Å². The fourth-order valence-electron chi connectivity index (χ4n) is 3.23. The highest BCUT2D eigenvalue weighted by Crippen LogP contribution is 2.36. The van der Waals surface area contributed by atoms with E-state index in [-0.39, 0.29) is 5.56 Å². The van der Waals surface area contributed by atoms with Crippen LogP contribution in [-0.4, -0.2) is 28.6 Å². The van der Waals surface area contributed by atoms with Crippen molar-refractivity contribution in [2.75, 3.05) is 19.0 Å². The summed E-state index contributed by atoms with van der Waals surface area (Å²) in [5, 5.41) is 12.8. The minimum Gasteiger partial charge on any atom is -0.492 e. The summed E-state index contributed by atoms with van der Waals surface area (Å²) in [7, 11) is 1.78. The molecule has 0 amide bonds. The minimum atomic E-state index is -0.565. The van der Waals surface area contributed by atoms with Gasteiger partial charge in [-0.25, -0.2) is 14.4 Å². The van der Waals surface area contributed by atoms with E-state index in [4.69, 9.17) is 15.0 Å². The summed E-state index contributed by atoms with van der Waals surface area (Å²) < 4.78 is 20.1. The first-order valence-electron chi connectivity index (χ1n) is 9.41. The molecule has 0 unspecified atom stereocenters. The highest BCUT2D eigenvalue weighted by Gasteiger charge is 2.16. The average Bonchev–Trinajstić information content (AvgIpc) is 2.79. The van der Waals surface area contributed by atoms with Gasteiger partial charge in [-0.15, -0.1) is 0 Å². The zero-order valence-electron chi connectivity index (χ0n) is 16.5. The fraction of sp³-hybridized carbons (Fsp3) is 0.130. The number of nitrogens with one attached hydrogen (secondary N) is 1. The smallest absolute Gasteiger partial charge is 0.163 e. The molecule has 6 nitrogen and oxygen atoms in total. The van der Waals surface area contributed by atoms with E-state index in [0.717, 1.165) is 16.5 Å². The van der Waals surface area contributed by atoms with Gasteiger partial charge in [-0.3, -0.25) is 4.98 Å². The summed E-state index contributed by atoms with van der Waals surface area (Å²) in [5.74, 6) is 1.15. The van der Waals surface area contributed by atoms with E-state index in [9.17, 15) is 4.39 Å². The molecule has 0 spiro atoms. The van der Waals surface area contributed by atoms with Crippen molar-refractivity contribution in [2.45, 2.75) is 6.92 Å². The molecule has 148 valence electrons. The SMILES string of the molecule is CCOc1cc(-c2ccc(C#N)c(F)c2)cc2c(NC)nc(-c3cccnc3)nc12. The Morgan fingerprint density at radius 1 is 1.10 bits per heavy atom. The lowest BCUT2D eigenvalue weighted by atomic mass is 10.0. The average molecular weight is 399 g/mol. The van der Waals surface area contributed by atoms with Crippen LogP contribution < -0.4 is 10.1 Å². The van der Waals surface area contributed by atoms with Gasteiger partial charge in [-0.05, 0) is 54.4 Å². The van der Waals surface area contributed by atoms with Gasteiger partial charge < -0.3 is 10.1 Å². The Bertz CT molecular complexity index is 1270. The maximum Gasteiger partial charge on any atom is 0.163 e. The zero-order chi connectivity index (χ0) is 21.1. The van der Waals surface area contributed by atoms with Crippen LogP contribution in [0.4, 0.5) is 10.2 Å². The van der Waals surface area contributed by atoms with Gasteiger partial charge in [0.25, 0.3) is 0 Å². The van der Waals surface area contributed by atoms with Crippen molar-refractivity contribution in [3.8, 4) is 34.3 Å². The minimum absolute atomic E-state index is 0.00457. The molecule has 0 radical (unpaired) electrons. The number of hydrogen-bond donors (Lipinski definition) is 1. The number of fused-ring (bicyclic) bond motifs is 1. The first-order valence-corrected chi connectivity index (χ1v) is 9.41. The molecule has 2 aromatic heterocycles. The first kappa shape index (κ1) is 19.3. The van der Waals surface area contributed by atoms with Crippen molar-refractivity contribution in [1.29, 1.82) is 5.26 Å². The van der Waals surface area contributed by atoms with Crippen LogP contribution >= 0.6 is 0 Å². The van der Waals surface area contributed by atoms with Crippen LogP contribution in [0.5, 0.6) is 5.75 Å². The van der Waals surface area contributed by atoms with E-state index >= 15 is 0 Å². The van der Waals surface area contributed by atoms with Crippen molar-refractivity contribution in [3.63, 3.8) is 0 Å². The van der Waals surface area contributed by atoms with Gasteiger partial charge in [0.15, 0.2) is 5.82 Å². The summed E-state index contributed by atoms with van der Waals surface area (Å²) in [6.07, 6.45) is 3.40. The Hall–Kier alpha value is -4.05. The summed E-state index contributed by atoms with van der Waals surface area (Å²) in [6.45, 7) is 2.34. The number of rotatable bonds is 5. The quantitative estimate of drug-likeness (QED) is 0.518. The number of aromatic nitrogens is 3. The van der Waals surface area contributed by atoms with Crippen LogP contribution in [-0.2, 0) is 0 Å². The Kier molecular flexibility index (Phi) is 5.22. The predicted molar refractivity (Wildman–Crippen MR) is 114 cm³/mol.